The second-order valence-corrected chi connectivity index (χ2v) is 6.01. The topological polar surface area (TPSA) is 38.3 Å². The van der Waals surface area contributed by atoms with Gasteiger partial charge in [0, 0.05) is 6.42 Å². The number of benzene rings is 2. The summed E-state index contributed by atoms with van der Waals surface area (Å²) in [6, 6.07) is 18.1. The Bertz CT molecular complexity index is 639. The van der Waals surface area contributed by atoms with Crippen molar-refractivity contribution in [2.75, 3.05) is 6.61 Å². The van der Waals surface area contributed by atoms with Gasteiger partial charge < -0.3 is 10.1 Å². The highest BCUT2D eigenvalue weighted by Crippen LogP contribution is 2.24. The summed E-state index contributed by atoms with van der Waals surface area (Å²) in [5, 5.41) is 3.11. The minimum Gasteiger partial charge on any atom is -0.494 e. The molecule has 2 unspecified atom stereocenters. The molecule has 3 heteroatoms. The van der Waals surface area contributed by atoms with Crippen LogP contribution in [-0.4, -0.2) is 12.5 Å². The molecule has 0 saturated carbocycles. The van der Waals surface area contributed by atoms with Gasteiger partial charge >= 0.3 is 0 Å². The van der Waals surface area contributed by atoms with Crippen molar-refractivity contribution in [1.29, 1.82) is 0 Å². The fraction of sp³-hybridized carbons (Fsp3) is 0.381. The average Bonchev–Trinajstić information content (AvgIpc) is 2.61. The molecule has 0 radical (unpaired) electrons. The van der Waals surface area contributed by atoms with E-state index in [0.29, 0.717) is 13.0 Å². The largest absolute Gasteiger partial charge is 0.494 e. The summed E-state index contributed by atoms with van der Waals surface area (Å²) < 4.78 is 5.53. The van der Waals surface area contributed by atoms with Crippen LogP contribution in [0.2, 0.25) is 0 Å². The molecule has 0 aliphatic heterocycles. The first-order valence-corrected chi connectivity index (χ1v) is 8.71. The highest BCUT2D eigenvalue weighted by atomic mass is 16.5. The van der Waals surface area contributed by atoms with Crippen LogP contribution >= 0.6 is 0 Å². The number of nitrogens with one attached hydrogen (secondary N) is 1. The monoisotopic (exact) mass is 325 g/mol. The predicted octanol–water partition coefficient (Wildman–Crippen LogP) is 4.85. The van der Waals surface area contributed by atoms with Crippen LogP contribution in [-0.2, 0) is 4.79 Å². The molecule has 1 amide bonds. The number of rotatable bonds is 8. The lowest BCUT2D eigenvalue weighted by Crippen LogP contribution is -2.28. The van der Waals surface area contributed by atoms with Gasteiger partial charge in [0.2, 0.25) is 5.91 Å². The predicted molar refractivity (Wildman–Crippen MR) is 98.3 cm³/mol. The maximum absolute atomic E-state index is 12.4. The van der Waals surface area contributed by atoms with Gasteiger partial charge in [-0.05, 0) is 49.4 Å². The van der Waals surface area contributed by atoms with Crippen molar-refractivity contribution in [2.24, 2.45) is 0 Å². The molecular formula is C21H27NO2. The van der Waals surface area contributed by atoms with E-state index in [1.54, 1.807) is 0 Å². The van der Waals surface area contributed by atoms with Gasteiger partial charge in [0.05, 0.1) is 12.6 Å². The number of carbonyl (C=O) groups excluding carboxylic acids is 1. The molecule has 2 atom stereocenters. The minimum atomic E-state index is -0.0359. The van der Waals surface area contributed by atoms with Crippen LogP contribution in [0, 0.1) is 0 Å². The average molecular weight is 325 g/mol. The summed E-state index contributed by atoms with van der Waals surface area (Å²) in [6.07, 6.45) is 1.46. The standard InChI is InChI=1S/C21H27NO2/c1-4-17(18-10-7-6-8-11-18)15-21(23)22-16(3)19-12-9-13-20(14-19)24-5-2/h6-14,16-17H,4-5,15H2,1-3H3,(H,22,23). The zero-order valence-electron chi connectivity index (χ0n) is 14.8. The van der Waals surface area contributed by atoms with Crippen molar-refractivity contribution in [2.45, 2.75) is 45.6 Å². The van der Waals surface area contributed by atoms with Crippen molar-refractivity contribution >= 4 is 5.91 Å². The highest BCUT2D eigenvalue weighted by molar-refractivity contribution is 5.77. The van der Waals surface area contributed by atoms with Gasteiger partial charge in [-0.1, -0.05) is 49.4 Å². The number of hydrogen-bond acceptors (Lipinski definition) is 2. The highest BCUT2D eigenvalue weighted by Gasteiger charge is 2.16. The van der Waals surface area contributed by atoms with Gasteiger partial charge in [0.15, 0.2) is 0 Å². The number of amides is 1. The van der Waals surface area contributed by atoms with Gasteiger partial charge in [0.1, 0.15) is 5.75 Å². The Morgan fingerprint density at radius 3 is 2.42 bits per heavy atom. The van der Waals surface area contributed by atoms with Crippen LogP contribution in [0.25, 0.3) is 0 Å². The third-order valence-electron chi connectivity index (χ3n) is 4.24. The summed E-state index contributed by atoms with van der Waals surface area (Å²) in [6.45, 7) is 6.73. The van der Waals surface area contributed by atoms with E-state index >= 15 is 0 Å². The molecule has 0 aliphatic rings. The molecule has 3 nitrogen and oxygen atoms in total. The Morgan fingerprint density at radius 2 is 1.75 bits per heavy atom. The Labute approximate surface area is 145 Å². The molecule has 2 aromatic carbocycles. The Hall–Kier alpha value is -2.29. The van der Waals surface area contributed by atoms with Gasteiger partial charge in [-0.3, -0.25) is 4.79 Å². The zero-order chi connectivity index (χ0) is 17.4. The van der Waals surface area contributed by atoms with E-state index in [0.717, 1.165) is 17.7 Å². The van der Waals surface area contributed by atoms with Gasteiger partial charge in [-0.2, -0.15) is 0 Å². The van der Waals surface area contributed by atoms with E-state index in [1.807, 2.05) is 56.3 Å². The molecule has 2 rings (SSSR count). The van der Waals surface area contributed by atoms with Crippen molar-refractivity contribution in [3.8, 4) is 5.75 Å². The summed E-state index contributed by atoms with van der Waals surface area (Å²) >= 11 is 0. The van der Waals surface area contributed by atoms with Crippen LogP contribution in [0.3, 0.4) is 0 Å². The van der Waals surface area contributed by atoms with Crippen LogP contribution in [0.1, 0.15) is 56.7 Å². The van der Waals surface area contributed by atoms with E-state index in [9.17, 15) is 4.79 Å². The van der Waals surface area contributed by atoms with Gasteiger partial charge in [0.25, 0.3) is 0 Å². The fourth-order valence-electron chi connectivity index (χ4n) is 2.87. The molecule has 1 N–H and O–H groups in total. The first kappa shape index (κ1) is 18.1. The van der Waals surface area contributed by atoms with Crippen LogP contribution in [0.4, 0.5) is 0 Å². The number of ether oxygens (including phenoxy) is 1. The van der Waals surface area contributed by atoms with Crippen LogP contribution in [0.5, 0.6) is 5.75 Å². The molecule has 0 aromatic heterocycles. The fourth-order valence-corrected chi connectivity index (χ4v) is 2.87. The number of carbonyl (C=O) groups is 1. The van der Waals surface area contributed by atoms with Crippen molar-refractivity contribution < 1.29 is 9.53 Å². The first-order chi connectivity index (χ1) is 11.6. The summed E-state index contributed by atoms with van der Waals surface area (Å²) in [4.78, 5) is 12.4. The van der Waals surface area contributed by atoms with Crippen LogP contribution in [0.15, 0.2) is 54.6 Å². The molecule has 128 valence electrons. The van der Waals surface area contributed by atoms with E-state index in [-0.39, 0.29) is 17.9 Å². The third kappa shape index (κ3) is 5.12. The minimum absolute atomic E-state index is 0.0359. The first-order valence-electron chi connectivity index (χ1n) is 8.71. The Kier molecular flexibility index (Phi) is 6.86. The number of hydrogen-bond donors (Lipinski definition) is 1. The van der Waals surface area contributed by atoms with Crippen LogP contribution < -0.4 is 10.1 Å². The molecule has 2 aromatic rings. The van der Waals surface area contributed by atoms with Crippen molar-refractivity contribution in [1.82, 2.24) is 5.32 Å². The molecule has 0 heterocycles. The summed E-state index contributed by atoms with van der Waals surface area (Å²) in [7, 11) is 0. The summed E-state index contributed by atoms with van der Waals surface area (Å²) in [5.74, 6) is 1.18. The zero-order valence-corrected chi connectivity index (χ0v) is 14.8. The second kappa shape index (κ2) is 9.11. The van der Waals surface area contributed by atoms with E-state index in [4.69, 9.17) is 4.74 Å². The third-order valence-corrected chi connectivity index (χ3v) is 4.24. The van der Waals surface area contributed by atoms with Crippen molar-refractivity contribution in [3.05, 3.63) is 65.7 Å². The van der Waals surface area contributed by atoms with Crippen molar-refractivity contribution in [3.63, 3.8) is 0 Å². The van der Waals surface area contributed by atoms with E-state index in [2.05, 4.69) is 24.4 Å². The lowest BCUT2D eigenvalue weighted by Gasteiger charge is -2.19. The molecule has 0 aliphatic carbocycles. The van der Waals surface area contributed by atoms with E-state index in [1.165, 1.54) is 5.56 Å². The maximum atomic E-state index is 12.4. The second-order valence-electron chi connectivity index (χ2n) is 6.01. The lowest BCUT2D eigenvalue weighted by molar-refractivity contribution is -0.122. The lowest BCUT2D eigenvalue weighted by atomic mass is 9.93. The Balaban J connectivity index is 1.97. The normalized spacial score (nSPS) is 13.1. The molecule has 0 saturated heterocycles. The van der Waals surface area contributed by atoms with Gasteiger partial charge in [-0.15, -0.1) is 0 Å². The van der Waals surface area contributed by atoms with E-state index < -0.39 is 0 Å². The molecule has 0 spiro atoms. The molecule has 24 heavy (non-hydrogen) atoms. The summed E-state index contributed by atoms with van der Waals surface area (Å²) in [5.41, 5.74) is 2.28. The quantitative estimate of drug-likeness (QED) is 0.753. The molecular weight excluding hydrogens is 298 g/mol. The molecule has 0 fully saturated rings. The Morgan fingerprint density at radius 1 is 1.04 bits per heavy atom. The molecule has 0 bridgehead atoms. The SMILES string of the molecule is CCOc1cccc(C(C)NC(=O)CC(CC)c2ccccc2)c1. The smallest absolute Gasteiger partial charge is 0.221 e. The maximum Gasteiger partial charge on any atom is 0.221 e. The van der Waals surface area contributed by atoms with Gasteiger partial charge in [-0.25, -0.2) is 0 Å².